The molecule has 0 heterocycles. The number of carbonyl (C=O) groups is 2. The molecule has 0 saturated heterocycles. The zero-order valence-corrected chi connectivity index (χ0v) is 13.9. The minimum absolute atomic E-state index is 0.254. The molecule has 1 aliphatic carbocycles. The van der Waals surface area contributed by atoms with E-state index < -0.39 is 17.8 Å². The van der Waals surface area contributed by atoms with E-state index in [2.05, 4.69) is 5.32 Å². The lowest BCUT2D eigenvalue weighted by Gasteiger charge is -2.27. The Morgan fingerprint density at radius 2 is 1.56 bits per heavy atom. The second kappa shape index (κ2) is 7.83. The first-order valence-corrected chi connectivity index (χ1v) is 8.51. The summed E-state index contributed by atoms with van der Waals surface area (Å²) in [6.07, 6.45) is 2.89. The van der Waals surface area contributed by atoms with Crippen LogP contribution in [0.3, 0.4) is 0 Å². The molecular weight excluding hydrogens is 318 g/mol. The number of carboxylic acids is 1. The molecule has 130 valence electrons. The number of aliphatic carboxylic acids is 1. The minimum atomic E-state index is -0.895. The van der Waals surface area contributed by atoms with Crippen LogP contribution in [0.5, 0.6) is 11.5 Å². The van der Waals surface area contributed by atoms with Gasteiger partial charge < -0.3 is 15.2 Å². The number of rotatable bonds is 5. The molecule has 1 aliphatic rings. The normalized spacial score (nSPS) is 19.8. The first-order valence-electron chi connectivity index (χ1n) is 8.51. The fourth-order valence-corrected chi connectivity index (χ4v) is 3.24. The lowest BCUT2D eigenvalue weighted by Crippen LogP contribution is -2.36. The summed E-state index contributed by atoms with van der Waals surface area (Å²) in [4.78, 5) is 24.1. The third kappa shape index (κ3) is 4.18. The molecule has 0 spiro atoms. The monoisotopic (exact) mass is 339 g/mol. The highest BCUT2D eigenvalue weighted by molar-refractivity contribution is 5.96. The molecule has 0 bridgehead atoms. The first kappa shape index (κ1) is 17.0. The van der Waals surface area contributed by atoms with Gasteiger partial charge in [-0.05, 0) is 37.1 Å². The maximum absolute atomic E-state index is 12.7. The van der Waals surface area contributed by atoms with Gasteiger partial charge >= 0.3 is 5.97 Å². The summed E-state index contributed by atoms with van der Waals surface area (Å²) < 4.78 is 5.84. The van der Waals surface area contributed by atoms with Gasteiger partial charge in [0.2, 0.25) is 5.91 Å². The van der Waals surface area contributed by atoms with Crippen LogP contribution in [-0.2, 0) is 9.59 Å². The molecule has 2 unspecified atom stereocenters. The van der Waals surface area contributed by atoms with Gasteiger partial charge in [0.15, 0.2) is 5.75 Å². The predicted molar refractivity (Wildman–Crippen MR) is 94.7 cm³/mol. The van der Waals surface area contributed by atoms with E-state index in [1.165, 1.54) is 0 Å². The molecule has 2 aromatic rings. The van der Waals surface area contributed by atoms with Gasteiger partial charge in [-0.3, -0.25) is 9.59 Å². The number of para-hydroxylation sites is 3. The smallest absolute Gasteiger partial charge is 0.307 e. The van der Waals surface area contributed by atoms with Crippen molar-refractivity contribution < 1.29 is 19.4 Å². The lowest BCUT2D eigenvalue weighted by atomic mass is 9.78. The lowest BCUT2D eigenvalue weighted by molar-refractivity contribution is -0.147. The number of ether oxygens (including phenoxy) is 1. The van der Waals surface area contributed by atoms with Crippen LogP contribution in [0.2, 0.25) is 0 Å². The quantitative estimate of drug-likeness (QED) is 0.851. The van der Waals surface area contributed by atoms with Crippen LogP contribution in [-0.4, -0.2) is 17.0 Å². The largest absolute Gasteiger partial charge is 0.481 e. The van der Waals surface area contributed by atoms with Crippen molar-refractivity contribution in [1.82, 2.24) is 0 Å². The molecule has 1 fully saturated rings. The molecule has 1 amide bonds. The fraction of sp³-hybridized carbons (Fsp3) is 0.300. The van der Waals surface area contributed by atoms with E-state index in [0.717, 1.165) is 12.8 Å². The molecule has 0 aliphatic heterocycles. The summed E-state index contributed by atoms with van der Waals surface area (Å²) in [5.41, 5.74) is 0.547. The number of hydrogen-bond donors (Lipinski definition) is 2. The molecule has 2 aromatic carbocycles. The van der Waals surface area contributed by atoms with Gasteiger partial charge in [-0.25, -0.2) is 0 Å². The van der Waals surface area contributed by atoms with Crippen molar-refractivity contribution in [2.24, 2.45) is 11.8 Å². The van der Waals surface area contributed by atoms with E-state index in [9.17, 15) is 14.7 Å². The Bertz CT molecular complexity index is 744. The average Bonchev–Trinajstić information content (AvgIpc) is 2.64. The number of carbonyl (C=O) groups excluding carboxylic acids is 1. The zero-order chi connectivity index (χ0) is 17.6. The van der Waals surface area contributed by atoms with Crippen LogP contribution in [0, 0.1) is 11.8 Å². The number of amides is 1. The average molecular weight is 339 g/mol. The molecule has 0 aromatic heterocycles. The van der Waals surface area contributed by atoms with Gasteiger partial charge in [0, 0.05) is 0 Å². The number of anilines is 1. The van der Waals surface area contributed by atoms with Gasteiger partial charge in [0.1, 0.15) is 5.75 Å². The van der Waals surface area contributed by atoms with E-state index in [4.69, 9.17) is 4.74 Å². The summed E-state index contributed by atoms with van der Waals surface area (Å²) in [5, 5.41) is 12.2. The van der Waals surface area contributed by atoms with Gasteiger partial charge in [0.25, 0.3) is 0 Å². The molecule has 5 heteroatoms. The van der Waals surface area contributed by atoms with Crippen molar-refractivity contribution in [2.75, 3.05) is 5.32 Å². The molecule has 3 rings (SSSR count). The van der Waals surface area contributed by atoms with Crippen molar-refractivity contribution >= 4 is 17.6 Å². The first-order chi connectivity index (χ1) is 12.1. The van der Waals surface area contributed by atoms with E-state index >= 15 is 0 Å². The second-order valence-electron chi connectivity index (χ2n) is 6.24. The summed E-state index contributed by atoms with van der Waals surface area (Å²) in [6.45, 7) is 0. The van der Waals surface area contributed by atoms with E-state index in [1.807, 2.05) is 42.5 Å². The van der Waals surface area contributed by atoms with Crippen LogP contribution in [0.4, 0.5) is 5.69 Å². The van der Waals surface area contributed by atoms with Gasteiger partial charge in [-0.2, -0.15) is 0 Å². The third-order valence-corrected chi connectivity index (χ3v) is 4.54. The maximum atomic E-state index is 12.7. The van der Waals surface area contributed by atoms with E-state index in [1.54, 1.807) is 12.1 Å². The SMILES string of the molecule is O=C(O)C1CCCCC1C(=O)Nc1ccccc1Oc1ccccc1. The summed E-state index contributed by atoms with van der Waals surface area (Å²) in [5.74, 6) is -1.06. The Balaban J connectivity index is 1.76. The molecule has 0 radical (unpaired) electrons. The summed E-state index contributed by atoms with van der Waals surface area (Å²) in [7, 11) is 0. The van der Waals surface area contributed by atoms with Gasteiger partial charge in [-0.15, -0.1) is 0 Å². The van der Waals surface area contributed by atoms with Crippen LogP contribution < -0.4 is 10.1 Å². The molecule has 5 nitrogen and oxygen atoms in total. The maximum Gasteiger partial charge on any atom is 0.307 e. The minimum Gasteiger partial charge on any atom is -0.481 e. The summed E-state index contributed by atoms with van der Waals surface area (Å²) in [6, 6.07) is 16.5. The van der Waals surface area contributed by atoms with Crippen molar-refractivity contribution in [3.63, 3.8) is 0 Å². The second-order valence-corrected chi connectivity index (χ2v) is 6.24. The molecule has 2 N–H and O–H groups in total. The van der Waals surface area contributed by atoms with Gasteiger partial charge in [-0.1, -0.05) is 43.2 Å². The Morgan fingerprint density at radius 1 is 0.920 bits per heavy atom. The molecule has 25 heavy (non-hydrogen) atoms. The number of hydrogen-bond acceptors (Lipinski definition) is 3. The van der Waals surface area contributed by atoms with Crippen LogP contribution in [0.25, 0.3) is 0 Å². The van der Waals surface area contributed by atoms with E-state index in [0.29, 0.717) is 30.0 Å². The topological polar surface area (TPSA) is 75.6 Å². The number of carboxylic acid groups (broad SMARTS) is 1. The fourth-order valence-electron chi connectivity index (χ4n) is 3.24. The number of benzene rings is 2. The highest BCUT2D eigenvalue weighted by atomic mass is 16.5. The van der Waals surface area contributed by atoms with Crippen LogP contribution in [0.1, 0.15) is 25.7 Å². The number of nitrogens with one attached hydrogen (secondary N) is 1. The van der Waals surface area contributed by atoms with Crippen molar-refractivity contribution in [3.8, 4) is 11.5 Å². The van der Waals surface area contributed by atoms with Gasteiger partial charge in [0.05, 0.1) is 17.5 Å². The van der Waals surface area contributed by atoms with Crippen LogP contribution in [0.15, 0.2) is 54.6 Å². The third-order valence-electron chi connectivity index (χ3n) is 4.54. The highest BCUT2D eigenvalue weighted by Gasteiger charge is 2.35. The van der Waals surface area contributed by atoms with Crippen molar-refractivity contribution in [3.05, 3.63) is 54.6 Å². The Morgan fingerprint density at radius 3 is 2.28 bits per heavy atom. The van der Waals surface area contributed by atoms with Crippen molar-refractivity contribution in [1.29, 1.82) is 0 Å². The molecule has 1 saturated carbocycles. The highest BCUT2D eigenvalue weighted by Crippen LogP contribution is 2.33. The Kier molecular flexibility index (Phi) is 5.33. The predicted octanol–water partition coefficient (Wildman–Crippen LogP) is 4.31. The standard InChI is InChI=1S/C20H21NO4/c22-19(15-10-4-5-11-16(15)20(23)24)21-17-12-6-7-13-18(17)25-14-8-2-1-3-9-14/h1-3,6-9,12-13,15-16H,4-5,10-11H2,(H,21,22)(H,23,24). The molecular formula is C20H21NO4. The Labute approximate surface area is 146 Å². The van der Waals surface area contributed by atoms with Crippen LogP contribution >= 0.6 is 0 Å². The zero-order valence-electron chi connectivity index (χ0n) is 13.9. The Hall–Kier alpha value is -2.82. The van der Waals surface area contributed by atoms with E-state index in [-0.39, 0.29) is 5.91 Å². The molecule has 2 atom stereocenters. The van der Waals surface area contributed by atoms with Crippen molar-refractivity contribution in [2.45, 2.75) is 25.7 Å². The summed E-state index contributed by atoms with van der Waals surface area (Å²) >= 11 is 0.